The fourth-order valence-corrected chi connectivity index (χ4v) is 2.75. The summed E-state index contributed by atoms with van der Waals surface area (Å²) in [7, 11) is 1.11. The quantitative estimate of drug-likeness (QED) is 0.853. The first-order valence-corrected chi connectivity index (χ1v) is 7.46. The first-order chi connectivity index (χ1) is 10.8. The summed E-state index contributed by atoms with van der Waals surface area (Å²) in [4.78, 5) is 26.8. The monoisotopic (exact) mass is 328 g/mol. The number of piperidine rings is 1. The van der Waals surface area contributed by atoms with Gasteiger partial charge >= 0.3 is 6.18 Å². The van der Waals surface area contributed by atoms with Crippen LogP contribution in [0.1, 0.15) is 30.9 Å². The van der Waals surface area contributed by atoms with E-state index in [-0.39, 0.29) is 5.91 Å². The molecule has 1 atom stereocenters. The summed E-state index contributed by atoms with van der Waals surface area (Å²) in [5.74, 6) is -0.914. The second-order valence-electron chi connectivity index (χ2n) is 5.67. The Morgan fingerprint density at radius 2 is 1.91 bits per heavy atom. The Kier molecular flexibility index (Phi) is 5.28. The van der Waals surface area contributed by atoms with Crippen LogP contribution in [-0.4, -0.2) is 47.9 Å². The van der Waals surface area contributed by atoms with Crippen LogP contribution in [0.5, 0.6) is 0 Å². The summed E-state index contributed by atoms with van der Waals surface area (Å²) in [6.07, 6.45) is -2.67. The first-order valence-electron chi connectivity index (χ1n) is 7.46. The van der Waals surface area contributed by atoms with Crippen molar-refractivity contribution in [3.63, 3.8) is 0 Å². The van der Waals surface area contributed by atoms with Crippen molar-refractivity contribution in [3.05, 3.63) is 35.9 Å². The molecule has 1 aromatic rings. The molecule has 126 valence electrons. The Morgan fingerprint density at radius 1 is 1.26 bits per heavy atom. The van der Waals surface area contributed by atoms with Gasteiger partial charge in [-0.1, -0.05) is 30.3 Å². The average Bonchev–Trinajstić information content (AvgIpc) is 2.49. The van der Waals surface area contributed by atoms with Gasteiger partial charge in [-0.25, -0.2) is 0 Å². The molecule has 1 heterocycles. The highest BCUT2D eigenvalue weighted by Gasteiger charge is 2.38. The molecule has 2 rings (SSSR count). The average molecular weight is 328 g/mol. The molecule has 0 bridgehead atoms. The van der Waals surface area contributed by atoms with Gasteiger partial charge in [0.05, 0.1) is 0 Å². The van der Waals surface area contributed by atoms with Gasteiger partial charge in [0.25, 0.3) is 0 Å². The lowest BCUT2D eigenvalue weighted by molar-refractivity contribution is -0.164. The molecule has 0 unspecified atom stereocenters. The van der Waals surface area contributed by atoms with Crippen molar-refractivity contribution in [2.24, 2.45) is 0 Å². The van der Waals surface area contributed by atoms with Crippen LogP contribution in [-0.2, 0) is 9.59 Å². The number of amides is 2. The third kappa shape index (κ3) is 4.46. The molecule has 1 fully saturated rings. The minimum absolute atomic E-state index is 0.195. The van der Waals surface area contributed by atoms with Gasteiger partial charge in [-0.05, 0) is 18.4 Å². The van der Waals surface area contributed by atoms with Gasteiger partial charge in [-0.2, -0.15) is 13.2 Å². The van der Waals surface area contributed by atoms with Gasteiger partial charge in [0.15, 0.2) is 0 Å². The maximum atomic E-state index is 12.6. The van der Waals surface area contributed by atoms with E-state index >= 15 is 0 Å². The molecule has 0 aliphatic carbocycles. The van der Waals surface area contributed by atoms with Crippen LogP contribution < -0.4 is 0 Å². The number of halogens is 3. The predicted molar refractivity (Wildman–Crippen MR) is 78.4 cm³/mol. The summed E-state index contributed by atoms with van der Waals surface area (Å²) in [6, 6.07) is 7.47. The van der Waals surface area contributed by atoms with Crippen LogP contribution in [0.25, 0.3) is 0 Å². The van der Waals surface area contributed by atoms with Crippen LogP contribution in [0.2, 0.25) is 0 Å². The van der Waals surface area contributed by atoms with Crippen LogP contribution >= 0.6 is 0 Å². The molecule has 0 radical (unpaired) electrons. The van der Waals surface area contributed by atoms with E-state index in [0.29, 0.717) is 23.4 Å². The van der Waals surface area contributed by atoms with Gasteiger partial charge in [0, 0.05) is 20.0 Å². The Morgan fingerprint density at radius 3 is 2.48 bits per heavy atom. The molecule has 0 aromatic heterocycles. The van der Waals surface area contributed by atoms with Crippen molar-refractivity contribution in [2.75, 3.05) is 20.1 Å². The standard InChI is InChI=1S/C16H19F3N2O2/c1-20(11-16(17,18)19)15(23)14(12-7-3-2-4-8-12)21-10-6-5-9-13(21)22/h2-4,7-8,14H,5-6,9-11H2,1H3/t14-/m1/s1. The second kappa shape index (κ2) is 7.02. The zero-order chi connectivity index (χ0) is 17.0. The van der Waals surface area contributed by atoms with E-state index in [9.17, 15) is 22.8 Å². The summed E-state index contributed by atoms with van der Waals surface area (Å²) in [6.45, 7) is -0.957. The maximum absolute atomic E-state index is 12.6. The highest BCUT2D eigenvalue weighted by molar-refractivity contribution is 5.89. The minimum atomic E-state index is -4.47. The maximum Gasteiger partial charge on any atom is 0.406 e. The number of alkyl halides is 3. The molecule has 1 aliphatic heterocycles. The molecule has 2 amide bonds. The van der Waals surface area contributed by atoms with Gasteiger partial charge in [0.1, 0.15) is 12.6 Å². The minimum Gasteiger partial charge on any atom is -0.335 e. The van der Waals surface area contributed by atoms with Crippen molar-refractivity contribution in [3.8, 4) is 0 Å². The Balaban J connectivity index is 2.30. The smallest absolute Gasteiger partial charge is 0.335 e. The van der Waals surface area contributed by atoms with Crippen molar-refractivity contribution < 1.29 is 22.8 Å². The third-order valence-corrected chi connectivity index (χ3v) is 3.81. The van der Waals surface area contributed by atoms with Gasteiger partial charge in [0.2, 0.25) is 11.8 Å². The van der Waals surface area contributed by atoms with Crippen LogP contribution in [0.3, 0.4) is 0 Å². The van der Waals surface area contributed by atoms with E-state index in [1.54, 1.807) is 30.3 Å². The summed E-state index contributed by atoms with van der Waals surface area (Å²) in [5, 5.41) is 0. The Hall–Kier alpha value is -2.05. The summed E-state index contributed by atoms with van der Waals surface area (Å²) in [5.41, 5.74) is 0.529. The zero-order valence-corrected chi connectivity index (χ0v) is 12.8. The van der Waals surface area contributed by atoms with Crippen molar-refractivity contribution in [2.45, 2.75) is 31.5 Å². The van der Waals surface area contributed by atoms with E-state index in [2.05, 4.69) is 0 Å². The van der Waals surface area contributed by atoms with Gasteiger partial charge < -0.3 is 9.80 Å². The fourth-order valence-electron chi connectivity index (χ4n) is 2.75. The number of rotatable bonds is 4. The van der Waals surface area contributed by atoms with E-state index in [0.717, 1.165) is 19.9 Å². The molecule has 4 nitrogen and oxygen atoms in total. The molecule has 7 heteroatoms. The number of carbonyl (C=O) groups is 2. The second-order valence-corrected chi connectivity index (χ2v) is 5.67. The Labute approximate surface area is 132 Å². The summed E-state index contributed by atoms with van der Waals surface area (Å²) < 4.78 is 37.7. The highest BCUT2D eigenvalue weighted by atomic mass is 19.4. The topological polar surface area (TPSA) is 40.6 Å². The predicted octanol–water partition coefficient (Wildman–Crippen LogP) is 2.76. The van der Waals surface area contributed by atoms with Crippen molar-refractivity contribution in [1.29, 1.82) is 0 Å². The molecule has 1 aliphatic rings. The first kappa shape index (κ1) is 17.3. The van der Waals surface area contributed by atoms with Crippen LogP contribution in [0, 0.1) is 0 Å². The molecule has 0 spiro atoms. The van der Waals surface area contributed by atoms with Crippen LogP contribution in [0.15, 0.2) is 30.3 Å². The number of hydrogen-bond donors (Lipinski definition) is 0. The Bertz CT molecular complexity index is 560. The van der Waals surface area contributed by atoms with E-state index in [1.807, 2.05) is 0 Å². The fraction of sp³-hybridized carbons (Fsp3) is 0.500. The molecular weight excluding hydrogens is 309 g/mol. The lowest BCUT2D eigenvalue weighted by atomic mass is 10.00. The molecule has 0 N–H and O–H groups in total. The summed E-state index contributed by atoms with van der Waals surface area (Å²) >= 11 is 0. The van der Waals surface area contributed by atoms with E-state index in [4.69, 9.17) is 0 Å². The molecular formula is C16H19F3N2O2. The van der Waals surface area contributed by atoms with Crippen molar-refractivity contribution >= 4 is 11.8 Å². The molecule has 23 heavy (non-hydrogen) atoms. The highest BCUT2D eigenvalue weighted by Crippen LogP contribution is 2.28. The SMILES string of the molecule is CN(CC(F)(F)F)C(=O)[C@@H](c1ccccc1)N1CCCCC1=O. The van der Waals surface area contributed by atoms with Gasteiger partial charge in [-0.3, -0.25) is 9.59 Å². The number of likely N-dealkylation sites (N-methyl/N-ethyl adjacent to an activating group) is 1. The van der Waals surface area contributed by atoms with Crippen LogP contribution in [0.4, 0.5) is 13.2 Å². The van der Waals surface area contributed by atoms with E-state index in [1.165, 1.54) is 4.90 Å². The number of carbonyl (C=O) groups excluding carboxylic acids is 2. The number of benzene rings is 1. The largest absolute Gasteiger partial charge is 0.406 e. The molecule has 0 saturated carbocycles. The normalized spacial score (nSPS) is 17.0. The lowest BCUT2D eigenvalue weighted by Crippen LogP contribution is -2.48. The number of hydrogen-bond acceptors (Lipinski definition) is 2. The molecule has 1 aromatic carbocycles. The van der Waals surface area contributed by atoms with Gasteiger partial charge in [-0.15, -0.1) is 0 Å². The number of nitrogens with zero attached hydrogens (tertiary/aromatic N) is 2. The third-order valence-electron chi connectivity index (χ3n) is 3.81. The number of likely N-dealkylation sites (tertiary alicyclic amines) is 1. The zero-order valence-electron chi connectivity index (χ0n) is 12.8. The van der Waals surface area contributed by atoms with E-state index < -0.39 is 24.7 Å². The van der Waals surface area contributed by atoms with Crippen molar-refractivity contribution in [1.82, 2.24) is 9.80 Å². The molecule has 1 saturated heterocycles. The lowest BCUT2D eigenvalue weighted by Gasteiger charge is -2.36.